The van der Waals surface area contributed by atoms with Crippen molar-refractivity contribution in [3.05, 3.63) is 54.1 Å². The first-order valence-electron chi connectivity index (χ1n) is 6.05. The van der Waals surface area contributed by atoms with Gasteiger partial charge in [-0.25, -0.2) is 0 Å². The van der Waals surface area contributed by atoms with Gasteiger partial charge in [0, 0.05) is 25.3 Å². The molecule has 0 atom stereocenters. The fourth-order valence-electron chi connectivity index (χ4n) is 1.59. The van der Waals surface area contributed by atoms with Gasteiger partial charge in [-0.15, -0.1) is 0 Å². The number of benzene rings is 2. The summed E-state index contributed by atoms with van der Waals surface area (Å²) < 4.78 is 0.354. The van der Waals surface area contributed by atoms with Crippen molar-refractivity contribution in [1.29, 1.82) is 0 Å². The van der Waals surface area contributed by atoms with Crippen LogP contribution in [-0.4, -0.2) is 18.4 Å². The SMILES string of the molecule is CN(C)c1ccc(N=Nc2ccc(C(=S)Cl)cc2)cc1. The predicted octanol–water partition coefficient (Wildman–Crippen LogP) is 5.08. The van der Waals surface area contributed by atoms with Crippen LogP contribution in [0.2, 0.25) is 0 Å². The number of rotatable bonds is 4. The first-order valence-corrected chi connectivity index (χ1v) is 6.84. The maximum atomic E-state index is 5.74. The number of hydrogen-bond donors (Lipinski definition) is 0. The van der Waals surface area contributed by atoms with E-state index in [2.05, 4.69) is 10.2 Å². The minimum Gasteiger partial charge on any atom is -0.378 e. The van der Waals surface area contributed by atoms with Crippen LogP contribution < -0.4 is 4.90 Å². The fourth-order valence-corrected chi connectivity index (χ4v) is 1.85. The van der Waals surface area contributed by atoms with Gasteiger partial charge < -0.3 is 4.90 Å². The lowest BCUT2D eigenvalue weighted by Gasteiger charge is -2.11. The van der Waals surface area contributed by atoms with Gasteiger partial charge in [0.05, 0.1) is 11.4 Å². The second-order valence-corrected chi connectivity index (χ2v) is 5.44. The molecule has 102 valence electrons. The molecular weight excluding hydrogens is 290 g/mol. The van der Waals surface area contributed by atoms with E-state index in [1.807, 2.05) is 67.5 Å². The summed E-state index contributed by atoms with van der Waals surface area (Å²) in [4.78, 5) is 2.04. The van der Waals surface area contributed by atoms with E-state index in [0.29, 0.717) is 4.32 Å². The number of nitrogens with zero attached hydrogens (tertiary/aromatic N) is 3. The highest BCUT2D eigenvalue weighted by Gasteiger charge is 1.98. The lowest BCUT2D eigenvalue weighted by molar-refractivity contribution is 1.13. The van der Waals surface area contributed by atoms with Crippen LogP contribution in [0.4, 0.5) is 17.1 Å². The van der Waals surface area contributed by atoms with Gasteiger partial charge in [0.2, 0.25) is 0 Å². The molecule has 0 spiro atoms. The Morgan fingerprint density at radius 3 is 1.75 bits per heavy atom. The van der Waals surface area contributed by atoms with Crippen LogP contribution in [0.1, 0.15) is 5.56 Å². The molecule has 20 heavy (non-hydrogen) atoms. The van der Waals surface area contributed by atoms with E-state index >= 15 is 0 Å². The van der Waals surface area contributed by atoms with E-state index in [1.54, 1.807) is 0 Å². The highest BCUT2D eigenvalue weighted by molar-refractivity contribution is 7.83. The molecule has 0 N–H and O–H groups in total. The molecule has 0 aliphatic heterocycles. The van der Waals surface area contributed by atoms with Crippen molar-refractivity contribution >= 4 is 45.2 Å². The monoisotopic (exact) mass is 303 g/mol. The minimum atomic E-state index is 0.354. The molecule has 2 rings (SSSR count). The van der Waals surface area contributed by atoms with Gasteiger partial charge in [0.25, 0.3) is 0 Å². The average Bonchev–Trinajstić information content (AvgIpc) is 2.46. The van der Waals surface area contributed by atoms with Crippen molar-refractivity contribution in [3.63, 3.8) is 0 Å². The Kier molecular flexibility index (Phi) is 4.82. The fraction of sp³-hybridized carbons (Fsp3) is 0.133. The predicted molar refractivity (Wildman–Crippen MR) is 88.9 cm³/mol. The van der Waals surface area contributed by atoms with E-state index in [1.165, 1.54) is 0 Å². The summed E-state index contributed by atoms with van der Waals surface area (Å²) in [6.07, 6.45) is 0. The summed E-state index contributed by atoms with van der Waals surface area (Å²) in [6.45, 7) is 0. The molecule has 0 aliphatic carbocycles. The molecule has 0 unspecified atom stereocenters. The topological polar surface area (TPSA) is 28.0 Å². The van der Waals surface area contributed by atoms with Crippen molar-refractivity contribution in [3.8, 4) is 0 Å². The van der Waals surface area contributed by atoms with Crippen molar-refractivity contribution in [1.82, 2.24) is 0 Å². The molecular formula is C15H14ClN3S. The molecule has 2 aromatic carbocycles. The molecule has 0 heterocycles. The lowest BCUT2D eigenvalue weighted by atomic mass is 10.2. The third-order valence-electron chi connectivity index (χ3n) is 2.74. The van der Waals surface area contributed by atoms with E-state index in [9.17, 15) is 0 Å². The van der Waals surface area contributed by atoms with Crippen LogP contribution in [0.15, 0.2) is 58.8 Å². The smallest absolute Gasteiger partial charge is 0.111 e. The van der Waals surface area contributed by atoms with Crippen LogP contribution in [-0.2, 0) is 0 Å². The van der Waals surface area contributed by atoms with Crippen LogP contribution in [0.5, 0.6) is 0 Å². The number of thiocarbonyl (C=S) groups is 1. The van der Waals surface area contributed by atoms with Gasteiger partial charge in [-0.05, 0) is 36.4 Å². The molecule has 5 heteroatoms. The van der Waals surface area contributed by atoms with E-state index in [4.69, 9.17) is 23.8 Å². The van der Waals surface area contributed by atoms with Gasteiger partial charge in [-0.2, -0.15) is 10.2 Å². The Morgan fingerprint density at radius 1 is 0.900 bits per heavy atom. The molecule has 0 fully saturated rings. The highest BCUT2D eigenvalue weighted by atomic mass is 35.5. The van der Waals surface area contributed by atoms with Gasteiger partial charge in [-0.1, -0.05) is 36.0 Å². The van der Waals surface area contributed by atoms with Gasteiger partial charge in [0.15, 0.2) is 0 Å². The summed E-state index contributed by atoms with van der Waals surface area (Å²) in [5.74, 6) is 0. The van der Waals surface area contributed by atoms with Crippen LogP contribution in [0, 0.1) is 0 Å². The molecule has 0 aliphatic rings. The normalized spacial score (nSPS) is 10.8. The maximum Gasteiger partial charge on any atom is 0.111 e. The number of azo groups is 1. The average molecular weight is 304 g/mol. The minimum absolute atomic E-state index is 0.354. The number of hydrogen-bond acceptors (Lipinski definition) is 4. The molecule has 0 amide bonds. The summed E-state index contributed by atoms with van der Waals surface area (Å²) in [6, 6.07) is 15.2. The second kappa shape index (κ2) is 6.59. The Balaban J connectivity index is 2.10. The summed E-state index contributed by atoms with van der Waals surface area (Å²) in [5.41, 5.74) is 3.52. The van der Waals surface area contributed by atoms with Crippen molar-refractivity contribution in [2.75, 3.05) is 19.0 Å². The summed E-state index contributed by atoms with van der Waals surface area (Å²) in [5, 5.41) is 8.37. The van der Waals surface area contributed by atoms with Crippen LogP contribution >= 0.6 is 23.8 Å². The summed E-state index contributed by atoms with van der Waals surface area (Å²) >= 11 is 10.6. The zero-order valence-electron chi connectivity index (χ0n) is 11.2. The quantitative estimate of drug-likeness (QED) is 0.447. The van der Waals surface area contributed by atoms with Crippen molar-refractivity contribution in [2.24, 2.45) is 10.2 Å². The van der Waals surface area contributed by atoms with E-state index in [-0.39, 0.29) is 0 Å². The van der Waals surface area contributed by atoms with E-state index in [0.717, 1.165) is 22.6 Å². The molecule has 0 radical (unpaired) electrons. The first kappa shape index (κ1) is 14.6. The Morgan fingerprint density at radius 2 is 1.35 bits per heavy atom. The number of halogens is 1. The van der Waals surface area contributed by atoms with Crippen molar-refractivity contribution in [2.45, 2.75) is 0 Å². The third kappa shape index (κ3) is 3.85. The zero-order chi connectivity index (χ0) is 14.5. The maximum absolute atomic E-state index is 5.74. The molecule has 0 saturated carbocycles. The molecule has 2 aromatic rings. The van der Waals surface area contributed by atoms with Crippen molar-refractivity contribution < 1.29 is 0 Å². The van der Waals surface area contributed by atoms with Gasteiger partial charge in [-0.3, -0.25) is 0 Å². The Bertz CT molecular complexity index is 619. The Labute approximate surface area is 128 Å². The summed E-state index contributed by atoms with van der Waals surface area (Å²) in [7, 11) is 4.00. The van der Waals surface area contributed by atoms with Gasteiger partial charge in [0.1, 0.15) is 4.32 Å². The number of anilines is 1. The zero-order valence-corrected chi connectivity index (χ0v) is 12.8. The Hall–Kier alpha value is -1.78. The highest BCUT2D eigenvalue weighted by Crippen LogP contribution is 2.21. The third-order valence-corrected chi connectivity index (χ3v) is 3.20. The van der Waals surface area contributed by atoms with Crippen LogP contribution in [0.25, 0.3) is 0 Å². The molecule has 3 nitrogen and oxygen atoms in total. The lowest BCUT2D eigenvalue weighted by Crippen LogP contribution is -2.07. The molecule has 0 saturated heterocycles. The molecule has 0 bridgehead atoms. The first-order chi connectivity index (χ1) is 9.56. The van der Waals surface area contributed by atoms with E-state index < -0.39 is 0 Å². The van der Waals surface area contributed by atoms with Crippen LogP contribution in [0.3, 0.4) is 0 Å². The second-order valence-electron chi connectivity index (χ2n) is 4.43. The molecule has 0 aromatic heterocycles. The largest absolute Gasteiger partial charge is 0.378 e. The van der Waals surface area contributed by atoms with Gasteiger partial charge >= 0.3 is 0 Å². The standard InChI is InChI=1S/C15H14ClN3S/c1-19(2)14-9-7-13(8-10-14)18-17-12-5-3-11(4-6-12)15(16)20/h3-10H,1-2H3.